The Labute approximate surface area is 256 Å². The zero-order valence-corrected chi connectivity index (χ0v) is 26.2. The predicted molar refractivity (Wildman–Crippen MR) is 159 cm³/mol. The van der Waals surface area contributed by atoms with Crippen molar-refractivity contribution in [1.29, 1.82) is 0 Å². The number of likely N-dealkylation sites (N-methyl/N-ethyl adjacent to an activating group) is 1. The van der Waals surface area contributed by atoms with Crippen LogP contribution in [-0.2, 0) is 40.0 Å². The van der Waals surface area contributed by atoms with Crippen molar-refractivity contribution in [1.82, 2.24) is 19.7 Å². The summed E-state index contributed by atoms with van der Waals surface area (Å²) >= 11 is 0. The van der Waals surface area contributed by atoms with Gasteiger partial charge in [-0.2, -0.15) is 13.2 Å². The Morgan fingerprint density at radius 3 is 2.48 bits per heavy atom. The van der Waals surface area contributed by atoms with E-state index >= 15 is 0 Å². The van der Waals surface area contributed by atoms with Crippen LogP contribution >= 0.6 is 0 Å². The predicted octanol–water partition coefficient (Wildman–Crippen LogP) is 5.56. The Bertz CT molecular complexity index is 1310. The van der Waals surface area contributed by atoms with E-state index in [9.17, 15) is 27.6 Å². The zero-order valence-electron chi connectivity index (χ0n) is 26.2. The number of halogens is 3. The van der Waals surface area contributed by atoms with E-state index in [-0.39, 0.29) is 37.3 Å². The van der Waals surface area contributed by atoms with Crippen LogP contribution in [0.5, 0.6) is 0 Å². The number of amides is 3. The Balaban J connectivity index is 1.74. The van der Waals surface area contributed by atoms with E-state index in [1.54, 1.807) is 25.7 Å². The molecule has 0 saturated heterocycles. The summed E-state index contributed by atoms with van der Waals surface area (Å²) in [6.45, 7) is 9.59. The smallest absolute Gasteiger partial charge is 0.418 e. The molecule has 0 radical (unpaired) electrons. The van der Waals surface area contributed by atoms with E-state index in [2.05, 4.69) is 10.3 Å². The molecule has 0 unspecified atom stereocenters. The normalized spacial score (nSPS) is 13.3. The van der Waals surface area contributed by atoms with Gasteiger partial charge in [0.05, 0.1) is 31.0 Å². The molecule has 3 rings (SSSR count). The van der Waals surface area contributed by atoms with Crippen molar-refractivity contribution in [3.63, 3.8) is 0 Å². The summed E-state index contributed by atoms with van der Waals surface area (Å²) in [5.74, 6) is -0.256. The average molecular weight is 622 g/mol. The third kappa shape index (κ3) is 10.0. The van der Waals surface area contributed by atoms with Crippen LogP contribution < -0.4 is 5.32 Å². The fraction of sp³-hybridized carbons (Fsp3) is 0.548. The zero-order chi connectivity index (χ0) is 32.7. The molecule has 1 N–H and O–H groups in total. The maximum atomic E-state index is 13.7. The summed E-state index contributed by atoms with van der Waals surface area (Å²) in [4.78, 5) is 46.5. The highest BCUT2D eigenvalue weighted by Gasteiger charge is 2.35. The van der Waals surface area contributed by atoms with E-state index < -0.39 is 35.9 Å². The molecule has 2 heterocycles. The van der Waals surface area contributed by atoms with Gasteiger partial charge < -0.3 is 29.5 Å². The van der Waals surface area contributed by atoms with Crippen LogP contribution in [0.4, 0.5) is 28.4 Å². The van der Waals surface area contributed by atoms with Crippen molar-refractivity contribution in [2.75, 3.05) is 45.2 Å². The van der Waals surface area contributed by atoms with E-state index in [0.717, 1.165) is 17.2 Å². The molecule has 1 aromatic heterocycles. The number of hydrogen-bond donors (Lipinski definition) is 1. The minimum Gasteiger partial charge on any atom is -0.449 e. The summed E-state index contributed by atoms with van der Waals surface area (Å²) in [7, 11) is 1.50. The number of alkyl halides is 3. The second-order valence-corrected chi connectivity index (χ2v) is 12.2. The second-order valence-electron chi connectivity index (χ2n) is 12.2. The van der Waals surface area contributed by atoms with Gasteiger partial charge in [-0.15, -0.1) is 0 Å². The minimum absolute atomic E-state index is 0.0261. The van der Waals surface area contributed by atoms with Crippen LogP contribution in [0.1, 0.15) is 57.0 Å². The number of carbonyl (C=O) groups excluding carboxylic acids is 3. The lowest BCUT2D eigenvalue weighted by molar-refractivity contribution is -0.140. The summed E-state index contributed by atoms with van der Waals surface area (Å²) < 4.78 is 51.8. The molecule has 242 valence electrons. The molecule has 13 heteroatoms. The first kappa shape index (κ1) is 34.5. The quantitative estimate of drug-likeness (QED) is 0.371. The van der Waals surface area contributed by atoms with Crippen molar-refractivity contribution in [3.05, 3.63) is 58.9 Å². The van der Waals surface area contributed by atoms with Crippen molar-refractivity contribution < 1.29 is 37.0 Å². The number of fused-ring (bicyclic) bond motifs is 1. The van der Waals surface area contributed by atoms with Gasteiger partial charge in [0.2, 0.25) is 5.91 Å². The third-order valence-corrected chi connectivity index (χ3v) is 6.79. The number of hydrogen-bond acceptors (Lipinski definition) is 7. The molecule has 0 aliphatic carbocycles. The standard InChI is InChI=1S/C31H42F3N5O5/c1-21(2)20-43-29(42)39-14-12-23-22(18-39)9-7-11-25(23)36-17-27(40)38(16-15-37(6)28(41)44-30(3,4)5)19-26-24(31(32,33)34)10-8-13-35-26/h7-11,13,21,36H,12,14-20H2,1-6H3. The first-order valence-electron chi connectivity index (χ1n) is 14.5. The van der Waals surface area contributed by atoms with Crippen LogP contribution in [0.15, 0.2) is 36.5 Å². The van der Waals surface area contributed by atoms with Crippen LogP contribution in [0.2, 0.25) is 0 Å². The molecule has 0 spiro atoms. The molecule has 1 aliphatic rings. The van der Waals surface area contributed by atoms with Gasteiger partial charge in [-0.1, -0.05) is 26.0 Å². The summed E-state index contributed by atoms with van der Waals surface area (Å²) in [6, 6.07) is 7.66. The molecular formula is C31H42F3N5O5. The first-order chi connectivity index (χ1) is 20.5. The van der Waals surface area contributed by atoms with Gasteiger partial charge in [-0.25, -0.2) is 9.59 Å². The number of nitrogens with one attached hydrogen (secondary N) is 1. The van der Waals surface area contributed by atoms with E-state index in [4.69, 9.17) is 9.47 Å². The molecule has 3 amide bonds. The largest absolute Gasteiger partial charge is 0.449 e. The Hall–Kier alpha value is -4.03. The average Bonchev–Trinajstić information content (AvgIpc) is 2.94. The second kappa shape index (κ2) is 14.6. The number of ether oxygens (including phenoxy) is 2. The molecule has 0 atom stereocenters. The van der Waals surface area contributed by atoms with Gasteiger partial charge in [0.15, 0.2) is 0 Å². The molecule has 0 saturated carbocycles. The number of benzene rings is 1. The van der Waals surface area contributed by atoms with Gasteiger partial charge in [-0.3, -0.25) is 9.78 Å². The molecule has 10 nitrogen and oxygen atoms in total. The molecule has 1 aliphatic heterocycles. The molecule has 0 bridgehead atoms. The van der Waals surface area contributed by atoms with Gasteiger partial charge >= 0.3 is 18.4 Å². The summed E-state index contributed by atoms with van der Waals surface area (Å²) in [6.07, 6.45) is -3.86. The number of anilines is 1. The Morgan fingerprint density at radius 2 is 1.82 bits per heavy atom. The molecule has 2 aromatic rings. The molecule has 1 aromatic carbocycles. The SMILES string of the molecule is CC(C)COC(=O)N1CCc2c(cccc2NCC(=O)N(CCN(C)C(=O)OC(C)(C)C)Cc2ncccc2C(F)(F)F)C1. The molecular weight excluding hydrogens is 579 g/mol. The summed E-state index contributed by atoms with van der Waals surface area (Å²) in [5, 5.41) is 3.14. The van der Waals surface area contributed by atoms with Crippen molar-refractivity contribution in [2.24, 2.45) is 5.92 Å². The number of rotatable bonds is 10. The van der Waals surface area contributed by atoms with Crippen molar-refractivity contribution in [2.45, 2.75) is 65.9 Å². The van der Waals surface area contributed by atoms with Crippen LogP contribution in [0, 0.1) is 5.92 Å². The third-order valence-electron chi connectivity index (χ3n) is 6.79. The van der Waals surface area contributed by atoms with Gasteiger partial charge in [0.1, 0.15) is 5.60 Å². The number of carbonyl (C=O) groups is 3. The van der Waals surface area contributed by atoms with E-state index in [0.29, 0.717) is 31.8 Å². The van der Waals surface area contributed by atoms with E-state index in [1.165, 1.54) is 29.1 Å². The minimum atomic E-state index is -4.65. The fourth-order valence-corrected chi connectivity index (χ4v) is 4.54. The maximum absolute atomic E-state index is 13.7. The topological polar surface area (TPSA) is 104 Å². The molecule has 44 heavy (non-hydrogen) atoms. The highest BCUT2D eigenvalue weighted by molar-refractivity contribution is 5.81. The van der Waals surface area contributed by atoms with Gasteiger partial charge in [0, 0.05) is 45.1 Å². The Morgan fingerprint density at radius 1 is 1.09 bits per heavy atom. The van der Waals surface area contributed by atoms with Gasteiger partial charge in [0.25, 0.3) is 0 Å². The fourth-order valence-electron chi connectivity index (χ4n) is 4.54. The number of pyridine rings is 1. The van der Waals surface area contributed by atoms with Crippen LogP contribution in [-0.4, -0.2) is 83.2 Å². The van der Waals surface area contributed by atoms with Crippen LogP contribution in [0.25, 0.3) is 0 Å². The lowest BCUT2D eigenvalue weighted by Crippen LogP contribution is -2.43. The molecule has 0 fully saturated rings. The first-order valence-corrected chi connectivity index (χ1v) is 14.5. The highest BCUT2D eigenvalue weighted by atomic mass is 19.4. The van der Waals surface area contributed by atoms with Crippen molar-refractivity contribution >= 4 is 23.8 Å². The Kier molecular flexibility index (Phi) is 11.5. The monoisotopic (exact) mass is 621 g/mol. The lowest BCUT2D eigenvalue weighted by Gasteiger charge is -2.30. The number of nitrogens with zero attached hydrogens (tertiary/aromatic N) is 4. The lowest BCUT2D eigenvalue weighted by atomic mass is 9.98. The highest BCUT2D eigenvalue weighted by Crippen LogP contribution is 2.32. The van der Waals surface area contributed by atoms with Gasteiger partial charge in [-0.05, 0) is 62.4 Å². The van der Waals surface area contributed by atoms with Crippen molar-refractivity contribution in [3.8, 4) is 0 Å². The maximum Gasteiger partial charge on any atom is 0.418 e. The van der Waals surface area contributed by atoms with E-state index in [1.807, 2.05) is 32.0 Å². The number of aromatic nitrogens is 1. The summed E-state index contributed by atoms with van der Waals surface area (Å²) in [5.41, 5.74) is 0.601. The van der Waals surface area contributed by atoms with Crippen LogP contribution in [0.3, 0.4) is 0 Å².